The van der Waals surface area contributed by atoms with E-state index in [1.807, 2.05) is 0 Å². The van der Waals surface area contributed by atoms with Gasteiger partial charge in [0.15, 0.2) is 5.65 Å². The molecule has 2 rings (SSSR count). The van der Waals surface area contributed by atoms with Gasteiger partial charge in [0.05, 0.1) is 0 Å². The lowest BCUT2D eigenvalue weighted by Crippen LogP contribution is -2.37. The van der Waals surface area contributed by atoms with Crippen LogP contribution in [0.5, 0.6) is 0 Å². The molecule has 2 heterocycles. The van der Waals surface area contributed by atoms with Crippen LogP contribution in [0.3, 0.4) is 0 Å². The van der Waals surface area contributed by atoms with Gasteiger partial charge in [-0.2, -0.15) is 5.10 Å². The Kier molecular flexibility index (Phi) is 2.74. The first-order valence-corrected chi connectivity index (χ1v) is 5.55. The molecule has 6 heteroatoms. The highest BCUT2D eigenvalue weighted by atomic mass is 16.1. The number of fused-ring (bicyclic) bond motifs is 1. The van der Waals surface area contributed by atoms with Gasteiger partial charge >= 0.3 is 5.69 Å². The number of H-pyrrole nitrogens is 1. The smallest absolute Gasteiger partial charge is 0.327 e. The molecular formula is C11H17N5O. The molecule has 1 atom stereocenters. The third-order valence-electron chi connectivity index (χ3n) is 2.91. The Bertz CT molecular complexity index is 577. The number of hydrogen-bond acceptors (Lipinski definition) is 4. The van der Waals surface area contributed by atoms with Gasteiger partial charge in [0, 0.05) is 24.2 Å². The van der Waals surface area contributed by atoms with Crippen LogP contribution in [0.1, 0.15) is 26.5 Å². The molecule has 17 heavy (non-hydrogen) atoms. The third-order valence-corrected chi connectivity index (χ3v) is 2.91. The quantitative estimate of drug-likeness (QED) is 0.785. The Labute approximate surface area is 98.9 Å². The van der Waals surface area contributed by atoms with Gasteiger partial charge in [0.25, 0.3) is 0 Å². The highest BCUT2D eigenvalue weighted by molar-refractivity contribution is 5.36. The van der Waals surface area contributed by atoms with E-state index >= 15 is 0 Å². The molecule has 2 aromatic rings. The number of nitrogens with one attached hydrogen (secondary N) is 1. The first kappa shape index (κ1) is 11.8. The van der Waals surface area contributed by atoms with Crippen LogP contribution in [0.15, 0.2) is 17.2 Å². The molecule has 0 amide bonds. The molecule has 0 bridgehead atoms. The van der Waals surface area contributed by atoms with Gasteiger partial charge in [-0.15, -0.1) is 0 Å². The van der Waals surface area contributed by atoms with Crippen molar-refractivity contribution in [3.63, 3.8) is 0 Å². The normalized spacial score (nSPS) is 14.1. The lowest BCUT2D eigenvalue weighted by molar-refractivity contribution is 0.317. The molecule has 0 spiro atoms. The van der Waals surface area contributed by atoms with Gasteiger partial charge in [-0.25, -0.2) is 19.3 Å². The van der Waals surface area contributed by atoms with Crippen molar-refractivity contribution in [2.75, 3.05) is 0 Å². The van der Waals surface area contributed by atoms with Crippen molar-refractivity contribution in [2.45, 2.75) is 33.2 Å². The van der Waals surface area contributed by atoms with Crippen molar-refractivity contribution < 1.29 is 0 Å². The second-order valence-corrected chi connectivity index (χ2v) is 5.31. The summed E-state index contributed by atoms with van der Waals surface area (Å²) in [7, 11) is 0. The highest BCUT2D eigenvalue weighted by Gasteiger charge is 2.21. The Morgan fingerprint density at radius 1 is 1.53 bits per heavy atom. The number of rotatable bonds is 2. The average Bonchev–Trinajstić information content (AvgIpc) is 2.59. The topological polar surface area (TPSA) is 89.1 Å². The van der Waals surface area contributed by atoms with Crippen LogP contribution in [-0.2, 0) is 6.42 Å². The fraction of sp³-hybridized carbons (Fsp3) is 0.545. The van der Waals surface area contributed by atoms with Crippen LogP contribution >= 0.6 is 0 Å². The number of nitrogens with zero attached hydrogens (tertiary/aromatic N) is 3. The van der Waals surface area contributed by atoms with Gasteiger partial charge in [-0.1, -0.05) is 20.8 Å². The van der Waals surface area contributed by atoms with E-state index in [1.54, 1.807) is 6.07 Å². The molecule has 6 nitrogen and oxygen atoms in total. The molecule has 3 N–H and O–H groups in total. The lowest BCUT2D eigenvalue weighted by Gasteiger charge is -2.26. The molecular weight excluding hydrogens is 218 g/mol. The van der Waals surface area contributed by atoms with E-state index in [4.69, 9.17) is 5.73 Å². The fourth-order valence-electron chi connectivity index (χ4n) is 1.49. The molecule has 0 aliphatic carbocycles. The molecule has 0 saturated carbocycles. The van der Waals surface area contributed by atoms with E-state index in [0.29, 0.717) is 12.1 Å². The maximum atomic E-state index is 11.3. The summed E-state index contributed by atoms with van der Waals surface area (Å²) in [5.74, 6) is 0. The summed E-state index contributed by atoms with van der Waals surface area (Å²) < 4.78 is 1.37. The first-order chi connectivity index (χ1) is 7.88. The van der Waals surface area contributed by atoms with Crippen LogP contribution in [-0.4, -0.2) is 25.6 Å². The van der Waals surface area contributed by atoms with Crippen LogP contribution < -0.4 is 11.4 Å². The average molecular weight is 235 g/mol. The van der Waals surface area contributed by atoms with E-state index in [-0.39, 0.29) is 17.1 Å². The zero-order valence-corrected chi connectivity index (χ0v) is 10.3. The maximum Gasteiger partial charge on any atom is 0.348 e. The minimum atomic E-state index is -0.279. The predicted molar refractivity (Wildman–Crippen MR) is 64.7 cm³/mol. The molecule has 0 aliphatic rings. The summed E-state index contributed by atoms with van der Waals surface area (Å²) >= 11 is 0. The summed E-state index contributed by atoms with van der Waals surface area (Å²) in [5.41, 5.74) is 7.26. The standard InChI is InChI=1S/C11H17N5O/c1-11(2,3)8(12)4-7-5-9-14-15-10(17)16(9)6-13-7/h5-6,8H,4,12H2,1-3H3,(H,15,17). The summed E-state index contributed by atoms with van der Waals surface area (Å²) in [6, 6.07) is 1.80. The van der Waals surface area contributed by atoms with Crippen molar-refractivity contribution in [3.8, 4) is 0 Å². The van der Waals surface area contributed by atoms with E-state index in [0.717, 1.165) is 5.69 Å². The predicted octanol–water partition coefficient (Wildman–Crippen LogP) is 0.334. The Morgan fingerprint density at radius 2 is 2.24 bits per heavy atom. The van der Waals surface area contributed by atoms with Crippen molar-refractivity contribution in [1.82, 2.24) is 19.6 Å². The van der Waals surface area contributed by atoms with Crippen molar-refractivity contribution in [1.29, 1.82) is 0 Å². The molecule has 2 aromatic heterocycles. The summed E-state index contributed by atoms with van der Waals surface area (Å²) in [4.78, 5) is 15.5. The SMILES string of the molecule is CC(C)(C)C(N)Cc1cc2n[nH]c(=O)n2cn1. The summed E-state index contributed by atoms with van der Waals surface area (Å²) in [5, 5.41) is 6.27. The van der Waals surface area contributed by atoms with Crippen molar-refractivity contribution in [3.05, 3.63) is 28.6 Å². The minimum Gasteiger partial charge on any atom is -0.327 e. The number of hydrogen-bond donors (Lipinski definition) is 2. The summed E-state index contributed by atoms with van der Waals surface area (Å²) in [6.07, 6.45) is 2.15. The van der Waals surface area contributed by atoms with Gasteiger partial charge in [0.1, 0.15) is 6.33 Å². The maximum absolute atomic E-state index is 11.3. The molecule has 92 valence electrons. The highest BCUT2D eigenvalue weighted by Crippen LogP contribution is 2.20. The number of nitrogens with two attached hydrogens (primary N) is 1. The monoisotopic (exact) mass is 235 g/mol. The largest absolute Gasteiger partial charge is 0.348 e. The minimum absolute atomic E-state index is 0.0168. The lowest BCUT2D eigenvalue weighted by atomic mass is 9.85. The second kappa shape index (κ2) is 3.96. The molecule has 0 fully saturated rings. The van der Waals surface area contributed by atoms with Gasteiger partial charge in [-0.3, -0.25) is 0 Å². The Hall–Kier alpha value is -1.69. The van der Waals surface area contributed by atoms with Crippen LogP contribution in [0, 0.1) is 5.41 Å². The van der Waals surface area contributed by atoms with E-state index in [2.05, 4.69) is 36.0 Å². The number of aromatic nitrogens is 4. The molecule has 0 aromatic carbocycles. The zero-order valence-electron chi connectivity index (χ0n) is 10.3. The van der Waals surface area contributed by atoms with Crippen LogP contribution in [0.4, 0.5) is 0 Å². The Balaban J connectivity index is 2.28. The molecule has 0 aliphatic heterocycles. The van der Waals surface area contributed by atoms with Gasteiger partial charge in [0.2, 0.25) is 0 Å². The summed E-state index contributed by atoms with van der Waals surface area (Å²) in [6.45, 7) is 6.28. The van der Waals surface area contributed by atoms with E-state index in [1.165, 1.54) is 10.7 Å². The van der Waals surface area contributed by atoms with E-state index < -0.39 is 0 Å². The van der Waals surface area contributed by atoms with E-state index in [9.17, 15) is 4.79 Å². The molecule has 1 unspecified atom stereocenters. The first-order valence-electron chi connectivity index (χ1n) is 5.55. The van der Waals surface area contributed by atoms with Crippen molar-refractivity contribution in [2.24, 2.45) is 11.1 Å². The van der Waals surface area contributed by atoms with Gasteiger partial charge in [-0.05, 0) is 5.41 Å². The molecule has 0 radical (unpaired) electrons. The zero-order chi connectivity index (χ0) is 12.6. The number of aromatic amines is 1. The third kappa shape index (κ3) is 2.36. The second-order valence-electron chi connectivity index (χ2n) is 5.31. The molecule has 0 saturated heterocycles. The van der Waals surface area contributed by atoms with Crippen LogP contribution in [0.25, 0.3) is 5.65 Å². The van der Waals surface area contributed by atoms with Gasteiger partial charge < -0.3 is 5.73 Å². The Morgan fingerprint density at radius 3 is 2.88 bits per heavy atom. The van der Waals surface area contributed by atoms with Crippen LogP contribution in [0.2, 0.25) is 0 Å². The fourth-order valence-corrected chi connectivity index (χ4v) is 1.49. The van der Waals surface area contributed by atoms with Crippen molar-refractivity contribution >= 4 is 5.65 Å².